The summed E-state index contributed by atoms with van der Waals surface area (Å²) in [5.74, 6) is 0.384. The Balaban J connectivity index is 1.91. The molecule has 0 aromatic heterocycles. The number of aryl methyl sites for hydroxylation is 1. The van der Waals surface area contributed by atoms with Gasteiger partial charge in [-0.2, -0.15) is 0 Å². The molecule has 1 atom stereocenters. The lowest BCUT2D eigenvalue weighted by molar-refractivity contribution is 0.416. The van der Waals surface area contributed by atoms with E-state index < -0.39 is 0 Å². The largest absolute Gasteiger partial charge is 0.355 e. The zero-order valence-electron chi connectivity index (χ0n) is 23.5. The van der Waals surface area contributed by atoms with Crippen LogP contribution in [0.3, 0.4) is 0 Å². The Morgan fingerprint density at radius 1 is 0.833 bits per heavy atom. The molecule has 0 saturated heterocycles. The van der Waals surface area contributed by atoms with Gasteiger partial charge in [0.25, 0.3) is 0 Å². The minimum atomic E-state index is 0.221. The number of hydrogen-bond donors (Lipinski definition) is 2. The molecule has 0 bridgehead atoms. The Hall–Kier alpha value is -3.00. The number of nitrogens with one attached hydrogen (secondary N) is 2. The van der Waals surface area contributed by atoms with E-state index >= 15 is 0 Å². The van der Waals surface area contributed by atoms with E-state index in [4.69, 9.17) is 0 Å². The molecule has 192 valence electrons. The second-order valence-electron chi connectivity index (χ2n) is 12.3. The average Bonchev–Trinajstić information content (AvgIpc) is 2.83. The van der Waals surface area contributed by atoms with Gasteiger partial charge in [-0.25, -0.2) is 0 Å². The summed E-state index contributed by atoms with van der Waals surface area (Å²) in [6.07, 6.45) is 18.0. The molecule has 0 aliphatic heterocycles. The van der Waals surface area contributed by atoms with Crippen molar-refractivity contribution >= 4 is 17.1 Å². The zero-order chi connectivity index (χ0) is 26.2. The van der Waals surface area contributed by atoms with E-state index in [1.807, 2.05) is 0 Å². The van der Waals surface area contributed by atoms with Gasteiger partial charge in [0, 0.05) is 28.7 Å². The summed E-state index contributed by atoms with van der Waals surface area (Å²) < 4.78 is 0. The molecule has 0 fully saturated rings. The van der Waals surface area contributed by atoms with Crippen molar-refractivity contribution in [2.75, 3.05) is 10.6 Å². The van der Waals surface area contributed by atoms with E-state index in [2.05, 4.69) is 144 Å². The van der Waals surface area contributed by atoms with Crippen molar-refractivity contribution < 1.29 is 0 Å². The summed E-state index contributed by atoms with van der Waals surface area (Å²) >= 11 is 0. The molecule has 0 amide bonds. The van der Waals surface area contributed by atoms with Crippen LogP contribution < -0.4 is 10.6 Å². The molecule has 1 aliphatic carbocycles. The van der Waals surface area contributed by atoms with Gasteiger partial charge < -0.3 is 10.6 Å². The maximum absolute atomic E-state index is 3.82. The second kappa shape index (κ2) is 12.3. The highest BCUT2D eigenvalue weighted by Crippen LogP contribution is 2.33. The van der Waals surface area contributed by atoms with E-state index in [0.29, 0.717) is 5.92 Å². The van der Waals surface area contributed by atoms with Crippen LogP contribution in [0.5, 0.6) is 0 Å². The van der Waals surface area contributed by atoms with Crippen molar-refractivity contribution in [1.29, 1.82) is 0 Å². The van der Waals surface area contributed by atoms with Gasteiger partial charge in [0.1, 0.15) is 0 Å². The standard InChI is InChI=1S/C34H46N2/c1-8-26-17-19-28(20-18-26)35-29-15-12-16-30(25-29)36-32(22-24-34(5,6)7)31(21-23-33(2,3)4)27-13-10-9-11-14-27/h9-13,15-22,25,27,35-36H,8,14,23-24H2,1-7H3/b31-21-,32-22+. The number of anilines is 3. The predicted molar refractivity (Wildman–Crippen MR) is 160 cm³/mol. The van der Waals surface area contributed by atoms with Crippen LogP contribution in [0, 0.1) is 16.7 Å². The van der Waals surface area contributed by atoms with E-state index in [9.17, 15) is 0 Å². The number of allylic oxidation sites excluding steroid dienone is 7. The Labute approximate surface area is 220 Å². The molecule has 2 aromatic carbocycles. The van der Waals surface area contributed by atoms with Gasteiger partial charge in [0.15, 0.2) is 0 Å². The summed E-state index contributed by atoms with van der Waals surface area (Å²) in [4.78, 5) is 0. The molecule has 2 heteroatoms. The molecular formula is C34H46N2. The molecule has 3 rings (SSSR count). The summed E-state index contributed by atoms with van der Waals surface area (Å²) in [5, 5.41) is 7.39. The molecule has 2 aromatic rings. The third kappa shape index (κ3) is 9.22. The molecule has 0 spiro atoms. The lowest BCUT2D eigenvalue weighted by Gasteiger charge is -2.26. The van der Waals surface area contributed by atoms with Gasteiger partial charge in [-0.05, 0) is 78.0 Å². The Morgan fingerprint density at radius 2 is 1.50 bits per heavy atom. The smallest absolute Gasteiger partial charge is 0.0405 e. The van der Waals surface area contributed by atoms with Crippen LogP contribution in [0.15, 0.2) is 96.3 Å². The quantitative estimate of drug-likeness (QED) is 0.347. The minimum Gasteiger partial charge on any atom is -0.355 e. The van der Waals surface area contributed by atoms with Crippen molar-refractivity contribution in [2.24, 2.45) is 16.7 Å². The fourth-order valence-corrected chi connectivity index (χ4v) is 4.16. The van der Waals surface area contributed by atoms with Crippen molar-refractivity contribution in [3.8, 4) is 0 Å². The molecule has 2 nitrogen and oxygen atoms in total. The van der Waals surface area contributed by atoms with Crippen molar-refractivity contribution in [2.45, 2.75) is 74.1 Å². The van der Waals surface area contributed by atoms with Gasteiger partial charge in [-0.15, -0.1) is 0 Å². The molecule has 0 radical (unpaired) electrons. The fraction of sp³-hybridized carbons (Fsp3) is 0.412. The predicted octanol–water partition coefficient (Wildman–Crippen LogP) is 10.2. The highest BCUT2D eigenvalue weighted by atomic mass is 14.9. The van der Waals surface area contributed by atoms with Crippen LogP contribution in [-0.2, 0) is 6.42 Å². The summed E-state index contributed by atoms with van der Waals surface area (Å²) in [6, 6.07) is 17.3. The van der Waals surface area contributed by atoms with Crippen LogP contribution in [0.25, 0.3) is 0 Å². The normalized spacial score (nSPS) is 16.8. The summed E-state index contributed by atoms with van der Waals surface area (Å²) in [5.41, 5.74) is 7.72. The maximum atomic E-state index is 3.82. The fourth-order valence-electron chi connectivity index (χ4n) is 4.16. The first-order valence-electron chi connectivity index (χ1n) is 13.5. The van der Waals surface area contributed by atoms with Crippen molar-refractivity contribution in [1.82, 2.24) is 0 Å². The molecule has 1 unspecified atom stereocenters. The Kier molecular flexibility index (Phi) is 9.43. The third-order valence-corrected chi connectivity index (χ3v) is 6.34. The van der Waals surface area contributed by atoms with Crippen molar-refractivity contribution in [3.63, 3.8) is 0 Å². The Morgan fingerprint density at radius 3 is 2.11 bits per heavy atom. The zero-order valence-corrected chi connectivity index (χ0v) is 23.5. The first kappa shape index (κ1) is 27.6. The summed E-state index contributed by atoms with van der Waals surface area (Å²) in [7, 11) is 0. The van der Waals surface area contributed by atoms with Gasteiger partial charge in [-0.3, -0.25) is 0 Å². The number of rotatable bonds is 9. The highest BCUT2D eigenvalue weighted by Gasteiger charge is 2.19. The van der Waals surface area contributed by atoms with Gasteiger partial charge in [0.05, 0.1) is 0 Å². The van der Waals surface area contributed by atoms with Crippen molar-refractivity contribution in [3.05, 3.63) is 102 Å². The van der Waals surface area contributed by atoms with E-state index in [0.717, 1.165) is 42.7 Å². The van der Waals surface area contributed by atoms with E-state index in [1.165, 1.54) is 16.8 Å². The lowest BCUT2D eigenvalue weighted by Crippen LogP contribution is -2.14. The van der Waals surface area contributed by atoms with Gasteiger partial charge in [-0.1, -0.05) is 103 Å². The van der Waals surface area contributed by atoms with Crippen LogP contribution in [0.4, 0.5) is 17.1 Å². The topological polar surface area (TPSA) is 24.1 Å². The van der Waals surface area contributed by atoms with E-state index in [1.54, 1.807) is 0 Å². The molecule has 0 heterocycles. The van der Waals surface area contributed by atoms with Crippen LogP contribution in [-0.4, -0.2) is 0 Å². The molecule has 36 heavy (non-hydrogen) atoms. The summed E-state index contributed by atoms with van der Waals surface area (Å²) in [6.45, 7) is 16.0. The maximum Gasteiger partial charge on any atom is 0.0405 e. The highest BCUT2D eigenvalue weighted by molar-refractivity contribution is 5.66. The average molecular weight is 483 g/mol. The third-order valence-electron chi connectivity index (χ3n) is 6.34. The van der Waals surface area contributed by atoms with E-state index in [-0.39, 0.29) is 10.8 Å². The molecular weight excluding hydrogens is 436 g/mol. The lowest BCUT2D eigenvalue weighted by atomic mass is 9.84. The SMILES string of the molecule is CCc1ccc(Nc2cccc(NC(=C/CC(C)(C)C)/C(=C\CC(C)(C)C)C3C=CC=CC3)c2)cc1. The molecule has 1 aliphatic rings. The number of hydrogen-bond acceptors (Lipinski definition) is 2. The van der Waals surface area contributed by atoms with Crippen LogP contribution in [0.2, 0.25) is 0 Å². The van der Waals surface area contributed by atoms with Gasteiger partial charge >= 0.3 is 0 Å². The Bertz CT molecular complexity index is 1100. The first-order valence-corrected chi connectivity index (χ1v) is 13.5. The monoisotopic (exact) mass is 482 g/mol. The number of benzene rings is 2. The first-order chi connectivity index (χ1) is 17.0. The van der Waals surface area contributed by atoms with Crippen LogP contribution in [0.1, 0.15) is 73.3 Å². The minimum absolute atomic E-state index is 0.221. The molecule has 2 N–H and O–H groups in total. The van der Waals surface area contributed by atoms with Gasteiger partial charge in [0.2, 0.25) is 0 Å². The second-order valence-corrected chi connectivity index (χ2v) is 12.3. The van der Waals surface area contributed by atoms with Crippen LogP contribution >= 0.6 is 0 Å². The molecule has 0 saturated carbocycles.